The van der Waals surface area contributed by atoms with Crippen molar-refractivity contribution in [2.24, 2.45) is 0 Å². The smallest absolute Gasteiger partial charge is 0.240 e. The van der Waals surface area contributed by atoms with Crippen molar-refractivity contribution in [3.8, 4) is 11.5 Å². The molecule has 4 aromatic rings. The summed E-state index contributed by atoms with van der Waals surface area (Å²) in [6.07, 6.45) is 1.92. The molecule has 31 heavy (non-hydrogen) atoms. The summed E-state index contributed by atoms with van der Waals surface area (Å²) >= 11 is 0. The Balaban J connectivity index is 1.79. The molecule has 0 spiro atoms. The number of aromatic nitrogens is 1. The molecule has 3 aromatic carbocycles. The van der Waals surface area contributed by atoms with Gasteiger partial charge in [-0.25, -0.2) is 13.1 Å². The molecule has 1 aromatic heterocycles. The first kappa shape index (κ1) is 21.0. The van der Waals surface area contributed by atoms with E-state index in [1.807, 2.05) is 48.7 Å². The fourth-order valence-corrected chi connectivity index (χ4v) is 4.90. The lowest BCUT2D eigenvalue weighted by atomic mass is 9.90. The van der Waals surface area contributed by atoms with Crippen molar-refractivity contribution in [3.63, 3.8) is 0 Å². The maximum atomic E-state index is 12.9. The summed E-state index contributed by atoms with van der Waals surface area (Å²) in [6, 6.07) is 21.9. The zero-order valence-electron chi connectivity index (χ0n) is 17.3. The van der Waals surface area contributed by atoms with Gasteiger partial charge >= 0.3 is 0 Å². The number of methoxy groups -OCH3 is 2. The summed E-state index contributed by atoms with van der Waals surface area (Å²) in [5.41, 5.74) is 2.79. The lowest BCUT2D eigenvalue weighted by molar-refractivity contribution is 0.350. The molecule has 4 rings (SSSR count). The number of aromatic amines is 1. The summed E-state index contributed by atoms with van der Waals surface area (Å²) < 4.78 is 39.7. The Morgan fingerprint density at radius 3 is 2.35 bits per heavy atom. The maximum absolute atomic E-state index is 12.9. The van der Waals surface area contributed by atoms with Gasteiger partial charge in [0.05, 0.1) is 19.1 Å². The molecule has 0 bridgehead atoms. The number of hydrogen-bond donors (Lipinski definition) is 2. The van der Waals surface area contributed by atoms with E-state index >= 15 is 0 Å². The molecular formula is C24H24N2O4S. The number of H-pyrrole nitrogens is 1. The zero-order chi connectivity index (χ0) is 21.8. The van der Waals surface area contributed by atoms with E-state index in [0.29, 0.717) is 11.5 Å². The highest BCUT2D eigenvalue weighted by Gasteiger charge is 2.25. The lowest BCUT2D eigenvalue weighted by Crippen LogP contribution is -2.29. The average Bonchev–Trinajstić information content (AvgIpc) is 3.23. The predicted molar refractivity (Wildman–Crippen MR) is 121 cm³/mol. The van der Waals surface area contributed by atoms with Crippen LogP contribution in [0.3, 0.4) is 0 Å². The van der Waals surface area contributed by atoms with Crippen LogP contribution in [-0.4, -0.2) is 34.2 Å². The Morgan fingerprint density at radius 1 is 0.871 bits per heavy atom. The van der Waals surface area contributed by atoms with E-state index in [2.05, 4.69) is 9.71 Å². The second-order valence-electron chi connectivity index (χ2n) is 7.09. The second kappa shape index (κ2) is 8.83. The van der Waals surface area contributed by atoms with Crippen LogP contribution in [0.25, 0.3) is 10.9 Å². The Hall–Kier alpha value is -3.29. The van der Waals surface area contributed by atoms with Crippen molar-refractivity contribution in [2.45, 2.75) is 10.8 Å². The highest BCUT2D eigenvalue weighted by Crippen LogP contribution is 2.40. The van der Waals surface area contributed by atoms with Gasteiger partial charge in [-0.2, -0.15) is 0 Å². The van der Waals surface area contributed by atoms with Crippen LogP contribution in [-0.2, 0) is 10.0 Å². The minimum Gasteiger partial charge on any atom is -0.493 e. The van der Waals surface area contributed by atoms with Crippen molar-refractivity contribution in [2.75, 3.05) is 20.8 Å². The van der Waals surface area contributed by atoms with Gasteiger partial charge in [-0.15, -0.1) is 0 Å². The Bertz CT molecular complexity index is 1280. The summed E-state index contributed by atoms with van der Waals surface area (Å²) in [6.45, 7) is 0.155. The van der Waals surface area contributed by atoms with Crippen molar-refractivity contribution in [1.29, 1.82) is 0 Å². The number of sulfonamides is 1. The third-order valence-electron chi connectivity index (χ3n) is 5.34. The van der Waals surface area contributed by atoms with Gasteiger partial charge in [0, 0.05) is 35.1 Å². The van der Waals surface area contributed by atoms with Gasteiger partial charge in [0.15, 0.2) is 11.5 Å². The minimum atomic E-state index is -3.68. The van der Waals surface area contributed by atoms with Crippen LogP contribution in [0.4, 0.5) is 0 Å². The van der Waals surface area contributed by atoms with E-state index in [1.165, 1.54) is 0 Å². The molecular weight excluding hydrogens is 412 g/mol. The van der Waals surface area contributed by atoms with Crippen molar-refractivity contribution >= 4 is 20.9 Å². The molecule has 0 fully saturated rings. The van der Waals surface area contributed by atoms with Gasteiger partial charge in [0.25, 0.3) is 0 Å². The molecule has 6 nitrogen and oxygen atoms in total. The quantitative estimate of drug-likeness (QED) is 0.432. The van der Waals surface area contributed by atoms with Gasteiger partial charge in [0.1, 0.15) is 0 Å². The van der Waals surface area contributed by atoms with E-state index in [-0.39, 0.29) is 17.4 Å². The van der Waals surface area contributed by atoms with Crippen LogP contribution < -0.4 is 14.2 Å². The van der Waals surface area contributed by atoms with Crippen molar-refractivity contribution in [3.05, 3.63) is 90.1 Å². The number of benzene rings is 3. The Morgan fingerprint density at radius 2 is 1.61 bits per heavy atom. The van der Waals surface area contributed by atoms with E-state index in [9.17, 15) is 8.42 Å². The van der Waals surface area contributed by atoms with Gasteiger partial charge in [-0.05, 0) is 29.8 Å². The standard InChI is InChI=1S/C24H24N2O4S/c1-29-23-14-8-12-19(24(23)30-2)21(20-15-25-22-13-7-6-11-18(20)22)16-26-31(27,28)17-9-4-3-5-10-17/h3-15,21,25-26H,16H2,1-2H3/t21-/m1/s1. The molecule has 0 radical (unpaired) electrons. The SMILES string of the molecule is COc1cccc([C@@H](CNS(=O)(=O)c2ccccc2)c2c[nH]c3ccccc23)c1OC. The molecule has 7 heteroatoms. The molecule has 0 unspecified atom stereocenters. The number of fused-ring (bicyclic) bond motifs is 1. The van der Waals surface area contributed by atoms with Crippen LogP contribution >= 0.6 is 0 Å². The number of nitrogens with one attached hydrogen (secondary N) is 2. The minimum absolute atomic E-state index is 0.155. The fourth-order valence-electron chi connectivity index (χ4n) is 3.83. The third kappa shape index (κ3) is 4.15. The average molecular weight is 437 g/mol. The fraction of sp³-hybridized carbons (Fsp3) is 0.167. The van der Waals surface area contributed by atoms with Crippen LogP contribution in [0.2, 0.25) is 0 Å². The molecule has 0 aliphatic heterocycles. The van der Waals surface area contributed by atoms with E-state index in [0.717, 1.165) is 22.0 Å². The number of hydrogen-bond acceptors (Lipinski definition) is 4. The van der Waals surface area contributed by atoms with Crippen molar-refractivity contribution in [1.82, 2.24) is 9.71 Å². The third-order valence-corrected chi connectivity index (χ3v) is 6.78. The normalized spacial score (nSPS) is 12.6. The summed E-state index contributed by atoms with van der Waals surface area (Å²) in [4.78, 5) is 3.51. The van der Waals surface area contributed by atoms with Gasteiger partial charge in [0.2, 0.25) is 10.0 Å². The summed E-state index contributed by atoms with van der Waals surface area (Å²) in [5, 5.41) is 1.02. The highest BCUT2D eigenvalue weighted by molar-refractivity contribution is 7.89. The summed E-state index contributed by atoms with van der Waals surface area (Å²) in [7, 11) is -0.506. The Kier molecular flexibility index (Phi) is 5.97. The second-order valence-corrected chi connectivity index (χ2v) is 8.86. The Labute approximate surface area is 181 Å². The largest absolute Gasteiger partial charge is 0.493 e. The maximum Gasteiger partial charge on any atom is 0.240 e. The van der Waals surface area contributed by atoms with Gasteiger partial charge in [-0.3, -0.25) is 0 Å². The number of rotatable bonds is 8. The van der Waals surface area contributed by atoms with Crippen LogP contribution in [0.15, 0.2) is 83.9 Å². The molecule has 0 aliphatic carbocycles. The first-order valence-corrected chi connectivity index (χ1v) is 11.3. The number of ether oxygens (including phenoxy) is 2. The lowest BCUT2D eigenvalue weighted by Gasteiger charge is -2.22. The molecule has 0 aliphatic rings. The van der Waals surface area contributed by atoms with E-state index < -0.39 is 10.0 Å². The van der Waals surface area contributed by atoms with Crippen molar-refractivity contribution < 1.29 is 17.9 Å². The predicted octanol–water partition coefficient (Wildman–Crippen LogP) is 4.30. The highest BCUT2D eigenvalue weighted by atomic mass is 32.2. The molecule has 0 saturated carbocycles. The first-order chi connectivity index (χ1) is 15.0. The van der Waals surface area contributed by atoms with E-state index in [4.69, 9.17) is 9.47 Å². The topological polar surface area (TPSA) is 80.4 Å². The molecule has 1 heterocycles. The van der Waals surface area contributed by atoms with E-state index in [1.54, 1.807) is 44.6 Å². The van der Waals surface area contributed by atoms with Gasteiger partial charge < -0.3 is 14.5 Å². The number of para-hydroxylation sites is 2. The van der Waals surface area contributed by atoms with Gasteiger partial charge in [-0.1, -0.05) is 48.5 Å². The molecule has 0 amide bonds. The molecule has 2 N–H and O–H groups in total. The molecule has 1 atom stereocenters. The molecule has 160 valence electrons. The monoisotopic (exact) mass is 436 g/mol. The van der Waals surface area contributed by atoms with Crippen LogP contribution in [0, 0.1) is 0 Å². The molecule has 0 saturated heterocycles. The van der Waals surface area contributed by atoms with Crippen LogP contribution in [0.1, 0.15) is 17.0 Å². The summed E-state index contributed by atoms with van der Waals surface area (Å²) in [5.74, 6) is 0.870. The van der Waals surface area contributed by atoms with Crippen LogP contribution in [0.5, 0.6) is 11.5 Å². The zero-order valence-corrected chi connectivity index (χ0v) is 18.1. The first-order valence-electron chi connectivity index (χ1n) is 9.86.